The summed E-state index contributed by atoms with van der Waals surface area (Å²) >= 11 is 5.98. The van der Waals surface area contributed by atoms with Crippen molar-refractivity contribution >= 4 is 23.2 Å². The number of rotatable bonds is 5. The number of halogens is 1. The third-order valence-corrected chi connectivity index (χ3v) is 4.61. The fourth-order valence-electron chi connectivity index (χ4n) is 3.05. The molecule has 2 rings (SSSR count). The third kappa shape index (κ3) is 4.18. The highest BCUT2D eigenvalue weighted by atomic mass is 35.5. The van der Waals surface area contributed by atoms with Gasteiger partial charge in [-0.2, -0.15) is 0 Å². The number of para-hydroxylation sites is 1. The fraction of sp³-hybridized carbons (Fsp3) is 0.381. The first-order chi connectivity index (χ1) is 11.3. The van der Waals surface area contributed by atoms with Gasteiger partial charge < -0.3 is 5.32 Å². The second-order valence-corrected chi connectivity index (χ2v) is 7.39. The second-order valence-electron chi connectivity index (χ2n) is 6.96. The Bertz CT molecular complexity index is 704. The molecule has 0 bridgehead atoms. The van der Waals surface area contributed by atoms with Crippen LogP contribution in [0.3, 0.4) is 0 Å². The smallest absolute Gasteiger partial charge is 0.232 e. The summed E-state index contributed by atoms with van der Waals surface area (Å²) in [6.45, 7) is 10.5. The van der Waals surface area contributed by atoms with Crippen molar-refractivity contribution in [2.75, 3.05) is 5.32 Å². The first-order valence-corrected chi connectivity index (χ1v) is 8.85. The predicted molar refractivity (Wildman–Crippen MR) is 103 cm³/mol. The van der Waals surface area contributed by atoms with Crippen LogP contribution in [0.2, 0.25) is 5.02 Å². The van der Waals surface area contributed by atoms with E-state index in [2.05, 4.69) is 39.1 Å². The van der Waals surface area contributed by atoms with Gasteiger partial charge in [0.1, 0.15) is 0 Å². The Balaban J connectivity index is 2.34. The number of amides is 1. The average molecular weight is 344 g/mol. The molecule has 1 amide bonds. The monoisotopic (exact) mass is 343 g/mol. The SMILES string of the molecule is Cc1cccc(C(C)C)c1NC(=O)[C@@H](c1ccc(Cl)cc1)C(C)C. The molecule has 0 saturated carbocycles. The number of carbonyl (C=O) groups excluding carboxylic acids is 1. The first-order valence-electron chi connectivity index (χ1n) is 8.47. The molecule has 0 aliphatic carbocycles. The number of hydrogen-bond acceptors (Lipinski definition) is 1. The molecule has 0 spiro atoms. The Kier molecular flexibility index (Phi) is 6.06. The van der Waals surface area contributed by atoms with Crippen molar-refractivity contribution < 1.29 is 4.79 Å². The molecule has 0 aromatic heterocycles. The number of aryl methyl sites for hydroxylation is 1. The molecule has 0 fully saturated rings. The maximum absolute atomic E-state index is 13.0. The zero-order chi connectivity index (χ0) is 17.9. The maximum atomic E-state index is 13.0. The Hall–Kier alpha value is -1.80. The molecule has 0 aliphatic heterocycles. The quantitative estimate of drug-likeness (QED) is 0.693. The third-order valence-electron chi connectivity index (χ3n) is 4.35. The number of hydrogen-bond donors (Lipinski definition) is 1. The van der Waals surface area contributed by atoms with Crippen LogP contribution in [-0.4, -0.2) is 5.91 Å². The van der Waals surface area contributed by atoms with Gasteiger partial charge in [-0.3, -0.25) is 4.79 Å². The van der Waals surface area contributed by atoms with Crippen molar-refractivity contribution in [2.24, 2.45) is 5.92 Å². The zero-order valence-electron chi connectivity index (χ0n) is 15.1. The Morgan fingerprint density at radius 3 is 2.17 bits per heavy atom. The highest BCUT2D eigenvalue weighted by Crippen LogP contribution is 2.31. The highest BCUT2D eigenvalue weighted by Gasteiger charge is 2.25. The Morgan fingerprint density at radius 1 is 1.00 bits per heavy atom. The first kappa shape index (κ1) is 18.5. The summed E-state index contributed by atoms with van der Waals surface area (Å²) in [6.07, 6.45) is 0. The van der Waals surface area contributed by atoms with E-state index >= 15 is 0 Å². The molecule has 0 saturated heterocycles. The van der Waals surface area contributed by atoms with Crippen LogP contribution in [0.25, 0.3) is 0 Å². The molecular weight excluding hydrogens is 318 g/mol. The van der Waals surface area contributed by atoms with E-state index in [-0.39, 0.29) is 17.7 Å². The van der Waals surface area contributed by atoms with Crippen LogP contribution >= 0.6 is 11.6 Å². The van der Waals surface area contributed by atoms with Gasteiger partial charge in [0.05, 0.1) is 5.92 Å². The summed E-state index contributed by atoms with van der Waals surface area (Å²) in [5, 5.41) is 3.87. The van der Waals surface area contributed by atoms with E-state index in [0.717, 1.165) is 16.8 Å². The summed E-state index contributed by atoms with van der Waals surface area (Å²) < 4.78 is 0. The molecule has 24 heavy (non-hydrogen) atoms. The Morgan fingerprint density at radius 2 is 1.62 bits per heavy atom. The predicted octanol–water partition coefficient (Wildman–Crippen LogP) is 6.15. The largest absolute Gasteiger partial charge is 0.325 e. The molecule has 0 unspecified atom stereocenters. The lowest BCUT2D eigenvalue weighted by Gasteiger charge is -2.23. The van der Waals surface area contributed by atoms with E-state index in [1.807, 2.05) is 43.3 Å². The highest BCUT2D eigenvalue weighted by molar-refractivity contribution is 6.30. The van der Waals surface area contributed by atoms with Gasteiger partial charge in [0.25, 0.3) is 0 Å². The normalized spacial score (nSPS) is 12.5. The molecule has 3 heteroatoms. The summed E-state index contributed by atoms with van der Waals surface area (Å²) in [7, 11) is 0. The van der Waals surface area contributed by atoms with Crippen LogP contribution in [0.15, 0.2) is 42.5 Å². The van der Waals surface area contributed by atoms with Crippen molar-refractivity contribution in [3.05, 3.63) is 64.2 Å². The average Bonchev–Trinajstić information content (AvgIpc) is 2.51. The molecule has 128 valence electrons. The fourth-order valence-corrected chi connectivity index (χ4v) is 3.18. The topological polar surface area (TPSA) is 29.1 Å². The van der Waals surface area contributed by atoms with E-state index in [1.54, 1.807) is 0 Å². The van der Waals surface area contributed by atoms with Gasteiger partial charge >= 0.3 is 0 Å². The molecule has 0 aliphatic rings. The molecule has 0 heterocycles. The van der Waals surface area contributed by atoms with Crippen LogP contribution in [0.4, 0.5) is 5.69 Å². The molecule has 1 atom stereocenters. The lowest BCUT2D eigenvalue weighted by atomic mass is 9.87. The van der Waals surface area contributed by atoms with Gasteiger partial charge in [0, 0.05) is 10.7 Å². The van der Waals surface area contributed by atoms with Crippen molar-refractivity contribution in [1.29, 1.82) is 0 Å². The van der Waals surface area contributed by atoms with Crippen LogP contribution in [0.1, 0.15) is 56.2 Å². The van der Waals surface area contributed by atoms with Crippen LogP contribution in [-0.2, 0) is 4.79 Å². The number of nitrogens with one attached hydrogen (secondary N) is 1. The lowest BCUT2D eigenvalue weighted by molar-refractivity contribution is -0.118. The summed E-state index contributed by atoms with van der Waals surface area (Å²) in [5.41, 5.74) is 4.19. The minimum atomic E-state index is -0.207. The van der Waals surface area contributed by atoms with E-state index in [4.69, 9.17) is 11.6 Å². The van der Waals surface area contributed by atoms with E-state index in [9.17, 15) is 4.79 Å². The second kappa shape index (κ2) is 7.85. The van der Waals surface area contributed by atoms with Crippen molar-refractivity contribution in [3.8, 4) is 0 Å². The minimum absolute atomic E-state index is 0.0310. The summed E-state index contributed by atoms with van der Waals surface area (Å²) in [6, 6.07) is 13.7. The minimum Gasteiger partial charge on any atom is -0.325 e. The lowest BCUT2D eigenvalue weighted by Crippen LogP contribution is -2.26. The molecule has 1 N–H and O–H groups in total. The molecule has 0 radical (unpaired) electrons. The number of anilines is 1. The number of carbonyl (C=O) groups is 1. The summed E-state index contributed by atoms with van der Waals surface area (Å²) in [5.74, 6) is 0.372. The van der Waals surface area contributed by atoms with E-state index in [0.29, 0.717) is 10.9 Å². The van der Waals surface area contributed by atoms with Crippen molar-refractivity contribution in [2.45, 2.75) is 46.5 Å². The van der Waals surface area contributed by atoms with Crippen LogP contribution in [0.5, 0.6) is 0 Å². The van der Waals surface area contributed by atoms with Gasteiger partial charge in [0.15, 0.2) is 0 Å². The maximum Gasteiger partial charge on any atom is 0.232 e. The standard InChI is InChI=1S/C21H26ClNO/c1-13(2)18-8-6-7-15(5)20(18)23-21(24)19(14(3)4)16-9-11-17(22)12-10-16/h6-14,19H,1-5H3,(H,23,24)/t19-/m1/s1. The van der Waals surface area contributed by atoms with E-state index < -0.39 is 0 Å². The van der Waals surface area contributed by atoms with Gasteiger partial charge in [-0.25, -0.2) is 0 Å². The van der Waals surface area contributed by atoms with Gasteiger partial charge in [-0.1, -0.05) is 69.6 Å². The van der Waals surface area contributed by atoms with Gasteiger partial charge in [-0.05, 0) is 47.6 Å². The summed E-state index contributed by atoms with van der Waals surface area (Å²) in [4.78, 5) is 13.0. The molecule has 2 aromatic rings. The number of benzene rings is 2. The van der Waals surface area contributed by atoms with Gasteiger partial charge in [-0.15, -0.1) is 0 Å². The van der Waals surface area contributed by atoms with E-state index in [1.165, 1.54) is 5.56 Å². The van der Waals surface area contributed by atoms with Crippen molar-refractivity contribution in [3.63, 3.8) is 0 Å². The Labute approximate surface area is 150 Å². The van der Waals surface area contributed by atoms with Crippen molar-refractivity contribution in [1.82, 2.24) is 0 Å². The molecular formula is C21H26ClNO. The molecule has 2 aromatic carbocycles. The van der Waals surface area contributed by atoms with Crippen LogP contribution in [0, 0.1) is 12.8 Å². The van der Waals surface area contributed by atoms with Crippen LogP contribution < -0.4 is 5.32 Å². The zero-order valence-corrected chi connectivity index (χ0v) is 15.8. The molecule has 2 nitrogen and oxygen atoms in total. The van der Waals surface area contributed by atoms with Gasteiger partial charge in [0.2, 0.25) is 5.91 Å².